The molecule has 9 saturated heterocycles. The fourth-order valence-electron chi connectivity index (χ4n) is 17.1. The number of anilines is 3. The van der Waals surface area contributed by atoms with Crippen LogP contribution < -0.4 is 31.9 Å². The highest BCUT2D eigenvalue weighted by atomic mass is 16.8. The maximum absolute atomic E-state index is 13.3. The number of imidazole rings is 3. The number of nitrogens with one attached hydrogen (secondary N) is 6. The minimum Gasteiger partial charge on any atom is -0.481 e. The molecule has 18 rings (SSSR count). The Hall–Kier alpha value is -12.4. The molecule has 0 spiro atoms. The number of carboxylic acids is 3. The molecule has 9 aromatic rings. The van der Waals surface area contributed by atoms with Crippen LogP contribution in [-0.4, -0.2) is 255 Å². The molecule has 0 radical (unpaired) electrons. The number of benzene rings is 3. The Labute approximate surface area is 701 Å². The third-order valence-corrected chi connectivity index (χ3v) is 22.9. The smallest absolute Gasteiger partial charge is 0.326 e. The first-order chi connectivity index (χ1) is 59.8. The van der Waals surface area contributed by atoms with Crippen molar-refractivity contribution in [2.45, 2.75) is 196 Å². The highest BCUT2D eigenvalue weighted by Crippen LogP contribution is 2.50. The van der Waals surface area contributed by atoms with Crippen LogP contribution in [-0.2, 0) is 71.4 Å². The average Bonchev–Trinajstić information content (AvgIpc) is 1.60. The summed E-state index contributed by atoms with van der Waals surface area (Å²) in [4.78, 5) is 154. The first-order valence-electron chi connectivity index (χ1n) is 41.1. The largest absolute Gasteiger partial charge is 0.481 e. The number of aromatic nitrogens is 12. The molecule has 123 heavy (non-hydrogen) atoms. The Morgan fingerprint density at radius 2 is 0.715 bits per heavy atom. The van der Waals surface area contributed by atoms with E-state index in [9.17, 15) is 58.5 Å². The molecule has 0 bridgehead atoms. The van der Waals surface area contributed by atoms with Crippen molar-refractivity contribution in [3.63, 3.8) is 0 Å². The van der Waals surface area contributed by atoms with E-state index in [4.69, 9.17) is 42.6 Å². The van der Waals surface area contributed by atoms with E-state index in [0.717, 1.165) is 16.7 Å². The quantitative estimate of drug-likeness (QED) is 0.0331. The number of carbonyl (C=O) groups is 9. The van der Waals surface area contributed by atoms with Crippen molar-refractivity contribution in [2.75, 3.05) is 61.8 Å². The van der Waals surface area contributed by atoms with E-state index in [0.29, 0.717) is 131 Å². The molecule has 648 valence electrons. The molecule has 0 saturated carbocycles. The van der Waals surface area contributed by atoms with Gasteiger partial charge in [-0.1, -0.05) is 91.0 Å². The first kappa shape index (κ1) is 84.2. The number of carbonyl (C=O) groups excluding carboxylic acids is 6. The van der Waals surface area contributed by atoms with Crippen molar-refractivity contribution in [2.24, 2.45) is 5.92 Å². The summed E-state index contributed by atoms with van der Waals surface area (Å²) in [6, 6.07) is 25.8. The molecule has 12 unspecified atom stereocenters. The van der Waals surface area contributed by atoms with Crippen LogP contribution in [0.3, 0.4) is 0 Å². The number of aliphatic carboxylic acids is 3. The molecule has 42 nitrogen and oxygen atoms in total. The van der Waals surface area contributed by atoms with E-state index in [2.05, 4.69) is 76.8 Å². The fourth-order valence-corrected chi connectivity index (χ4v) is 17.1. The Balaban J connectivity index is 0.000000137. The molecule has 9 fully saturated rings. The van der Waals surface area contributed by atoms with Gasteiger partial charge in [0.05, 0.1) is 49.6 Å². The fraction of sp³-hybridized carbons (Fsp3) is 0.481. The Bertz CT molecular complexity index is 5100. The molecule has 6 aromatic heterocycles. The highest BCUT2D eigenvalue weighted by molar-refractivity contribution is 5.98. The summed E-state index contributed by atoms with van der Waals surface area (Å²) in [5, 5.41) is 44.3. The highest BCUT2D eigenvalue weighted by Gasteiger charge is 2.58. The van der Waals surface area contributed by atoms with Gasteiger partial charge in [0.2, 0.25) is 17.7 Å². The molecular weight excluding hydrogens is 1600 g/mol. The van der Waals surface area contributed by atoms with Gasteiger partial charge in [-0.2, -0.15) is 0 Å². The van der Waals surface area contributed by atoms with Crippen molar-refractivity contribution in [1.29, 1.82) is 0 Å². The summed E-state index contributed by atoms with van der Waals surface area (Å²) >= 11 is 0. The van der Waals surface area contributed by atoms with Gasteiger partial charge in [0, 0.05) is 75.3 Å². The summed E-state index contributed by atoms with van der Waals surface area (Å²) in [6.07, 6.45) is 3.70. The number of piperidine rings is 1. The molecule has 15 heterocycles. The van der Waals surface area contributed by atoms with E-state index in [1.807, 2.05) is 112 Å². The predicted octanol–water partition coefficient (Wildman–Crippen LogP) is 6.47. The first-order valence-corrected chi connectivity index (χ1v) is 41.1. The molecular formula is C81H93N21O21. The zero-order valence-corrected chi connectivity index (χ0v) is 67.1. The van der Waals surface area contributed by atoms with Gasteiger partial charge in [0.1, 0.15) is 67.7 Å². The lowest BCUT2D eigenvalue weighted by molar-refractivity contribution is -0.157. The van der Waals surface area contributed by atoms with Gasteiger partial charge in [-0.05, 0) is 72.1 Å². The Morgan fingerprint density at radius 1 is 0.382 bits per heavy atom. The second kappa shape index (κ2) is 37.5. The molecule has 9 N–H and O–H groups in total. The van der Waals surface area contributed by atoms with Gasteiger partial charge in [-0.3, -0.25) is 48.8 Å². The number of rotatable bonds is 23. The van der Waals surface area contributed by atoms with E-state index in [1.54, 1.807) is 37.6 Å². The molecule has 17 atom stereocenters. The van der Waals surface area contributed by atoms with E-state index in [-0.39, 0.29) is 54.4 Å². The molecule has 9 aliphatic heterocycles. The van der Waals surface area contributed by atoms with Gasteiger partial charge in [-0.25, -0.2) is 68.8 Å². The maximum atomic E-state index is 13.3. The zero-order valence-electron chi connectivity index (χ0n) is 67.1. The second-order valence-electron chi connectivity index (χ2n) is 30.6. The number of nitrogens with zero attached hydrogens (tertiary/aromatic N) is 15. The van der Waals surface area contributed by atoms with Crippen LogP contribution in [0.2, 0.25) is 0 Å². The van der Waals surface area contributed by atoms with E-state index < -0.39 is 146 Å². The lowest BCUT2D eigenvalue weighted by Gasteiger charge is -2.31. The van der Waals surface area contributed by atoms with Crippen LogP contribution in [0.25, 0.3) is 33.5 Å². The van der Waals surface area contributed by atoms with Crippen molar-refractivity contribution < 1.29 is 101 Å². The molecule has 42 heteroatoms. The second-order valence-corrected chi connectivity index (χ2v) is 30.6. The van der Waals surface area contributed by atoms with Crippen LogP contribution >= 0.6 is 0 Å². The summed E-state index contributed by atoms with van der Waals surface area (Å²) < 4.78 is 62.6. The minimum absolute atomic E-state index is 0.0475. The minimum atomic E-state index is -0.985. The van der Waals surface area contributed by atoms with Gasteiger partial charge in [-0.15, -0.1) is 0 Å². The van der Waals surface area contributed by atoms with Crippen LogP contribution in [0.4, 0.5) is 31.8 Å². The Kier molecular flexibility index (Phi) is 25.7. The van der Waals surface area contributed by atoms with Gasteiger partial charge in [0.25, 0.3) is 0 Å². The number of urea groups is 3. The normalized spacial score (nSPS) is 26.9. The summed E-state index contributed by atoms with van der Waals surface area (Å²) in [5.41, 5.74) is 4.96. The van der Waals surface area contributed by atoms with Crippen molar-refractivity contribution >= 4 is 105 Å². The monoisotopic (exact) mass is 1700 g/mol. The number of ether oxygens (including phenoxy) is 9. The maximum Gasteiger partial charge on any atom is 0.326 e. The van der Waals surface area contributed by atoms with Crippen LogP contribution in [0.5, 0.6) is 0 Å². The van der Waals surface area contributed by atoms with Crippen molar-refractivity contribution in [3.05, 3.63) is 146 Å². The van der Waals surface area contributed by atoms with E-state index >= 15 is 0 Å². The summed E-state index contributed by atoms with van der Waals surface area (Å²) in [5.74, 6) is -3.06. The molecule has 3 aromatic carbocycles. The Morgan fingerprint density at radius 3 is 1.05 bits per heavy atom. The number of fused-ring (bicyclic) bond motifs is 6. The van der Waals surface area contributed by atoms with Crippen molar-refractivity contribution in [1.82, 2.24) is 89.2 Å². The van der Waals surface area contributed by atoms with E-state index in [1.165, 1.54) is 28.8 Å². The van der Waals surface area contributed by atoms with Crippen LogP contribution in [0.15, 0.2) is 129 Å². The molecule has 9 amide bonds. The topological polar surface area (TPSA) is 510 Å². The lowest BCUT2D eigenvalue weighted by atomic mass is 9.96. The zero-order chi connectivity index (χ0) is 85.5. The third-order valence-electron chi connectivity index (χ3n) is 22.9. The van der Waals surface area contributed by atoms with Crippen LogP contribution in [0.1, 0.15) is 146 Å². The number of amides is 9. The van der Waals surface area contributed by atoms with Crippen molar-refractivity contribution in [3.8, 4) is 0 Å². The van der Waals surface area contributed by atoms with Crippen LogP contribution in [0, 0.1) is 5.92 Å². The lowest BCUT2D eigenvalue weighted by Crippen LogP contribution is -2.42. The van der Waals surface area contributed by atoms with Gasteiger partial charge in [0.15, 0.2) is 88.5 Å². The summed E-state index contributed by atoms with van der Waals surface area (Å²) in [7, 11) is 0. The third kappa shape index (κ3) is 18.0. The van der Waals surface area contributed by atoms with Gasteiger partial charge < -0.3 is 88.6 Å². The molecule has 0 aliphatic carbocycles. The predicted molar refractivity (Wildman–Crippen MR) is 427 cm³/mol. The van der Waals surface area contributed by atoms with Gasteiger partial charge >= 0.3 is 36.0 Å². The molecule has 9 aliphatic rings. The number of likely N-dealkylation sites (tertiary alicyclic amines) is 3. The number of hydrogen-bond acceptors (Lipinski definition) is 27. The number of carboxylic acid groups (broad SMARTS) is 3. The standard InChI is InChI=1S/3C27H31N7O7/c2*1-2-28-27(38)32-22-19-23(30-13-29-22)34(14-31-19)24-21-20(40-26(41-21)15-7-4-3-5-8-15)17(39-24)10-11-18(35)33-12-6-9-16(33)25(36)37;1-2-28-27(38)32-22-19-23(30-13-29-22)34(14-31-19)24-21-20(40-26(41-21)16-6-4-3-5-7-16)17(39-24)12-18(35)33-10-8-15(9-11-33)25(36)37/h2*3-5,7-8,13-14,16-17,20-21,24,26H,2,6,9-12H2,1H3,(H,36,37)(H2,28,29,30,32,38);3-7,13-15,17,20-21,24,26H,2,8-12H2,1H3,(H,36,37)(H2,28,29,30,32,38)/t2*16-,17?,20?,21?,24?,26-;17?,20?,21?,24?,26-/m000/s1. The summed E-state index contributed by atoms with van der Waals surface area (Å²) in [6.45, 7) is 8.40. The average molecular weight is 1700 g/mol. The number of hydrogen-bond donors (Lipinski definition) is 9. The SMILES string of the molecule is CCNC(=O)Nc1ncnc2c1ncn2C1OC(CC(=O)N2CCC(C(=O)O)CC2)C2O[C@H](c3ccccc3)OC21.CCNC(=O)Nc1ncnc2c1ncn2C1OC(CCC(=O)N2CCC[C@H]2C(=O)O)C2O[C@H](c3ccccc3)OC21.CCNC(=O)Nc1ncnc2c1ncn2C1OC(CCC(=O)N2CCC[C@H]2C(=O)O)C2O[C@H](c3ccccc3)OC21.